The lowest BCUT2D eigenvalue weighted by atomic mass is 10.1. The molecule has 2 aliphatic rings. The zero-order valence-electron chi connectivity index (χ0n) is 20.8. The largest absolute Gasteiger partial charge is 0.497 e. The third kappa shape index (κ3) is 5.58. The minimum Gasteiger partial charge on any atom is -0.497 e. The van der Waals surface area contributed by atoms with Crippen LogP contribution in [0, 0.1) is 5.92 Å². The van der Waals surface area contributed by atoms with Crippen LogP contribution >= 0.6 is 0 Å². The highest BCUT2D eigenvalue weighted by Crippen LogP contribution is 2.32. The maximum Gasteiger partial charge on any atom is 0.256 e. The molecule has 1 saturated carbocycles. The molecule has 2 aromatic rings. The van der Waals surface area contributed by atoms with Crippen molar-refractivity contribution in [2.75, 3.05) is 56.6 Å². The number of carbonyl (C=O) groups excluding carboxylic acids is 3. The number of piperazine rings is 1. The van der Waals surface area contributed by atoms with Gasteiger partial charge in [-0.05, 0) is 63.1 Å². The van der Waals surface area contributed by atoms with Crippen molar-refractivity contribution in [3.05, 3.63) is 53.6 Å². The van der Waals surface area contributed by atoms with Crippen molar-refractivity contribution in [1.82, 2.24) is 9.80 Å². The SMILES string of the molecule is CCN(CC)C(=O)c1cc(NC(=O)c2cccc(OC)c2)ccc1N1CCN(C(=O)C2CC2)CC1. The lowest BCUT2D eigenvalue weighted by Crippen LogP contribution is -2.49. The molecule has 2 fully saturated rings. The number of carbonyl (C=O) groups is 3. The molecule has 0 atom stereocenters. The lowest BCUT2D eigenvalue weighted by Gasteiger charge is -2.37. The van der Waals surface area contributed by atoms with Crippen molar-refractivity contribution in [2.24, 2.45) is 5.92 Å². The lowest BCUT2D eigenvalue weighted by molar-refractivity contribution is -0.132. The fourth-order valence-electron chi connectivity index (χ4n) is 4.47. The number of rotatable bonds is 8. The molecule has 4 rings (SSSR count). The van der Waals surface area contributed by atoms with E-state index in [4.69, 9.17) is 4.74 Å². The average Bonchev–Trinajstić information content (AvgIpc) is 3.75. The van der Waals surface area contributed by atoms with Gasteiger partial charge >= 0.3 is 0 Å². The van der Waals surface area contributed by atoms with Crippen LogP contribution < -0.4 is 15.0 Å². The summed E-state index contributed by atoms with van der Waals surface area (Å²) < 4.78 is 5.22. The molecule has 3 amide bonds. The van der Waals surface area contributed by atoms with Gasteiger partial charge in [0.05, 0.1) is 12.7 Å². The van der Waals surface area contributed by atoms with E-state index in [1.54, 1.807) is 42.3 Å². The van der Waals surface area contributed by atoms with E-state index in [-0.39, 0.29) is 23.6 Å². The van der Waals surface area contributed by atoms with Crippen LogP contribution in [0.15, 0.2) is 42.5 Å². The summed E-state index contributed by atoms with van der Waals surface area (Å²) in [6.07, 6.45) is 2.01. The van der Waals surface area contributed by atoms with Gasteiger partial charge in [-0.3, -0.25) is 14.4 Å². The normalized spacial score (nSPS) is 15.5. The molecule has 8 heteroatoms. The molecule has 0 radical (unpaired) electrons. The number of methoxy groups -OCH3 is 1. The Kier molecular flexibility index (Phi) is 7.58. The zero-order valence-corrected chi connectivity index (χ0v) is 20.8. The van der Waals surface area contributed by atoms with Crippen LogP contribution in [0.1, 0.15) is 47.4 Å². The smallest absolute Gasteiger partial charge is 0.256 e. The Morgan fingerprint density at radius 2 is 1.71 bits per heavy atom. The van der Waals surface area contributed by atoms with Crippen molar-refractivity contribution in [3.63, 3.8) is 0 Å². The van der Waals surface area contributed by atoms with Crippen LogP contribution in [-0.4, -0.2) is 73.9 Å². The molecule has 1 aliphatic heterocycles. The number of hydrogen-bond acceptors (Lipinski definition) is 5. The van der Waals surface area contributed by atoms with Gasteiger partial charge in [-0.15, -0.1) is 0 Å². The Labute approximate surface area is 206 Å². The van der Waals surface area contributed by atoms with Crippen LogP contribution in [0.5, 0.6) is 5.75 Å². The number of benzene rings is 2. The molecule has 0 aromatic heterocycles. The van der Waals surface area contributed by atoms with E-state index in [0.29, 0.717) is 61.8 Å². The first-order chi connectivity index (χ1) is 16.9. The number of amides is 3. The number of anilines is 2. The second-order valence-corrected chi connectivity index (χ2v) is 8.98. The van der Waals surface area contributed by atoms with Crippen LogP contribution in [-0.2, 0) is 4.79 Å². The van der Waals surface area contributed by atoms with E-state index >= 15 is 0 Å². The fraction of sp³-hybridized carbons (Fsp3) is 0.444. The van der Waals surface area contributed by atoms with Gasteiger partial charge < -0.3 is 24.8 Å². The van der Waals surface area contributed by atoms with E-state index in [0.717, 1.165) is 18.5 Å². The van der Waals surface area contributed by atoms with Gasteiger partial charge in [-0.1, -0.05) is 6.07 Å². The van der Waals surface area contributed by atoms with Gasteiger partial charge in [0, 0.05) is 62.1 Å². The van der Waals surface area contributed by atoms with Gasteiger partial charge in [0.15, 0.2) is 0 Å². The first-order valence-corrected chi connectivity index (χ1v) is 12.4. The van der Waals surface area contributed by atoms with Crippen molar-refractivity contribution in [3.8, 4) is 5.75 Å². The summed E-state index contributed by atoms with van der Waals surface area (Å²) in [6, 6.07) is 12.4. The predicted molar refractivity (Wildman–Crippen MR) is 136 cm³/mol. The Bertz CT molecular complexity index is 1090. The van der Waals surface area contributed by atoms with Gasteiger partial charge in [-0.2, -0.15) is 0 Å². The first-order valence-electron chi connectivity index (χ1n) is 12.4. The summed E-state index contributed by atoms with van der Waals surface area (Å²) in [5, 5.41) is 2.91. The van der Waals surface area contributed by atoms with E-state index in [9.17, 15) is 14.4 Å². The minimum absolute atomic E-state index is 0.0704. The van der Waals surface area contributed by atoms with Crippen molar-refractivity contribution >= 4 is 29.1 Å². The molecule has 2 aromatic carbocycles. The quantitative estimate of drug-likeness (QED) is 0.628. The molecular formula is C27H34N4O4. The molecule has 8 nitrogen and oxygen atoms in total. The molecule has 186 valence electrons. The standard InChI is InChI=1S/C27H34N4O4/c1-4-29(5-2)27(34)23-18-21(28-25(32)20-7-6-8-22(17-20)35-3)11-12-24(23)30-13-15-31(16-14-30)26(33)19-9-10-19/h6-8,11-12,17-19H,4-5,9-10,13-16H2,1-3H3,(H,28,32). The Balaban J connectivity index is 1.56. The minimum atomic E-state index is -0.273. The summed E-state index contributed by atoms with van der Waals surface area (Å²) in [7, 11) is 1.56. The molecular weight excluding hydrogens is 444 g/mol. The van der Waals surface area contributed by atoms with E-state index in [2.05, 4.69) is 10.2 Å². The summed E-state index contributed by atoms with van der Waals surface area (Å²) in [6.45, 7) is 7.76. The second kappa shape index (κ2) is 10.8. The van der Waals surface area contributed by atoms with Gasteiger partial charge in [0.2, 0.25) is 5.91 Å². The summed E-state index contributed by atoms with van der Waals surface area (Å²) >= 11 is 0. The number of ether oxygens (including phenoxy) is 1. The Hall–Kier alpha value is -3.55. The zero-order chi connectivity index (χ0) is 24.9. The second-order valence-electron chi connectivity index (χ2n) is 8.98. The molecule has 1 aliphatic carbocycles. The number of nitrogens with one attached hydrogen (secondary N) is 1. The van der Waals surface area contributed by atoms with Crippen LogP contribution in [0.4, 0.5) is 11.4 Å². The molecule has 1 heterocycles. The number of nitrogens with zero attached hydrogens (tertiary/aromatic N) is 3. The summed E-state index contributed by atoms with van der Waals surface area (Å²) in [5.74, 6) is 0.738. The maximum atomic E-state index is 13.4. The Morgan fingerprint density at radius 1 is 1.00 bits per heavy atom. The highest BCUT2D eigenvalue weighted by atomic mass is 16.5. The molecule has 1 saturated heterocycles. The topological polar surface area (TPSA) is 82.2 Å². The van der Waals surface area contributed by atoms with Crippen LogP contribution in [0.25, 0.3) is 0 Å². The van der Waals surface area contributed by atoms with Gasteiger partial charge in [0.25, 0.3) is 11.8 Å². The Morgan fingerprint density at radius 3 is 2.34 bits per heavy atom. The monoisotopic (exact) mass is 478 g/mol. The van der Waals surface area contributed by atoms with Crippen molar-refractivity contribution in [1.29, 1.82) is 0 Å². The fourth-order valence-corrected chi connectivity index (χ4v) is 4.47. The van der Waals surface area contributed by atoms with E-state index in [1.807, 2.05) is 30.9 Å². The van der Waals surface area contributed by atoms with Gasteiger partial charge in [-0.25, -0.2) is 0 Å². The molecule has 35 heavy (non-hydrogen) atoms. The third-order valence-electron chi connectivity index (χ3n) is 6.73. The molecule has 1 N–H and O–H groups in total. The van der Waals surface area contributed by atoms with Crippen molar-refractivity contribution < 1.29 is 19.1 Å². The van der Waals surface area contributed by atoms with Crippen LogP contribution in [0.2, 0.25) is 0 Å². The number of hydrogen-bond donors (Lipinski definition) is 1. The summed E-state index contributed by atoms with van der Waals surface area (Å²) in [4.78, 5) is 44.6. The third-order valence-corrected chi connectivity index (χ3v) is 6.73. The highest BCUT2D eigenvalue weighted by molar-refractivity contribution is 6.06. The highest BCUT2D eigenvalue weighted by Gasteiger charge is 2.35. The summed E-state index contributed by atoms with van der Waals surface area (Å²) in [5.41, 5.74) is 2.42. The van der Waals surface area contributed by atoms with Gasteiger partial charge in [0.1, 0.15) is 5.75 Å². The maximum absolute atomic E-state index is 13.4. The molecule has 0 bridgehead atoms. The van der Waals surface area contributed by atoms with E-state index < -0.39 is 0 Å². The van der Waals surface area contributed by atoms with Crippen molar-refractivity contribution in [2.45, 2.75) is 26.7 Å². The van der Waals surface area contributed by atoms with E-state index in [1.165, 1.54) is 0 Å². The predicted octanol–water partition coefficient (Wildman–Crippen LogP) is 3.49. The first kappa shape index (κ1) is 24.6. The average molecular weight is 479 g/mol. The molecule has 0 unspecified atom stereocenters. The molecule has 0 spiro atoms. The van der Waals surface area contributed by atoms with Crippen LogP contribution in [0.3, 0.4) is 0 Å².